The molecule has 0 aliphatic carbocycles. The average molecular weight is 309 g/mol. The van der Waals surface area contributed by atoms with Crippen LogP contribution in [0.15, 0.2) is 42.6 Å². The molecular formula is C16H15N5O2. The molecule has 4 rings (SSSR count). The van der Waals surface area contributed by atoms with Crippen molar-refractivity contribution in [3.8, 4) is 5.75 Å². The molecule has 0 saturated carbocycles. The number of aromatic nitrogens is 4. The Hall–Kier alpha value is -2.96. The number of carbonyl (C=O) groups is 1. The highest BCUT2D eigenvalue weighted by molar-refractivity contribution is 5.95. The lowest BCUT2D eigenvalue weighted by molar-refractivity contribution is 0.0460. The summed E-state index contributed by atoms with van der Waals surface area (Å²) in [6, 6.07) is 11.4. The zero-order valence-electron chi connectivity index (χ0n) is 12.6. The molecular weight excluding hydrogens is 294 g/mol. The topological polar surface area (TPSA) is 72.6 Å². The highest BCUT2D eigenvalue weighted by Crippen LogP contribution is 2.35. The van der Waals surface area contributed by atoms with E-state index in [1.807, 2.05) is 29.2 Å². The zero-order valence-corrected chi connectivity index (χ0v) is 12.6. The van der Waals surface area contributed by atoms with E-state index in [-0.39, 0.29) is 11.9 Å². The molecule has 0 N–H and O–H groups in total. The summed E-state index contributed by atoms with van der Waals surface area (Å²) in [7, 11) is 1.64. The Morgan fingerprint density at radius 2 is 2.22 bits per heavy atom. The molecule has 7 heteroatoms. The number of fused-ring (bicyclic) bond motifs is 1. The first-order valence-corrected chi connectivity index (χ1v) is 7.39. The van der Waals surface area contributed by atoms with Crippen LogP contribution in [0, 0.1) is 0 Å². The number of tetrazole rings is 1. The van der Waals surface area contributed by atoms with Gasteiger partial charge in [0.15, 0.2) is 5.65 Å². The Morgan fingerprint density at radius 1 is 1.30 bits per heavy atom. The lowest BCUT2D eigenvalue weighted by Crippen LogP contribution is -2.45. The SMILES string of the molecule is COc1cccc([C@@H]2CCN2C(=O)c2ccn3nnnc3c2)c1. The van der Waals surface area contributed by atoms with Crippen LogP contribution in [0.3, 0.4) is 0 Å². The number of ether oxygens (including phenoxy) is 1. The summed E-state index contributed by atoms with van der Waals surface area (Å²) in [5.74, 6) is 0.798. The number of rotatable bonds is 3. The van der Waals surface area contributed by atoms with Gasteiger partial charge in [-0.1, -0.05) is 12.1 Å². The number of carbonyl (C=O) groups excluding carboxylic acids is 1. The van der Waals surface area contributed by atoms with Gasteiger partial charge in [-0.05, 0) is 46.7 Å². The average Bonchev–Trinajstić information content (AvgIpc) is 3.01. The maximum Gasteiger partial charge on any atom is 0.254 e. The van der Waals surface area contributed by atoms with Crippen molar-refractivity contribution < 1.29 is 9.53 Å². The van der Waals surface area contributed by atoms with Crippen molar-refractivity contribution in [2.45, 2.75) is 12.5 Å². The highest BCUT2D eigenvalue weighted by Gasteiger charge is 2.34. The predicted molar refractivity (Wildman–Crippen MR) is 82.2 cm³/mol. The van der Waals surface area contributed by atoms with Crippen molar-refractivity contribution in [2.24, 2.45) is 0 Å². The van der Waals surface area contributed by atoms with Gasteiger partial charge in [0.1, 0.15) is 5.75 Å². The Morgan fingerprint density at radius 3 is 3.00 bits per heavy atom. The molecule has 3 heterocycles. The van der Waals surface area contributed by atoms with Crippen LogP contribution < -0.4 is 4.74 Å². The van der Waals surface area contributed by atoms with Gasteiger partial charge in [-0.15, -0.1) is 5.10 Å². The third-order valence-electron chi connectivity index (χ3n) is 4.20. The second kappa shape index (κ2) is 5.35. The van der Waals surface area contributed by atoms with E-state index in [4.69, 9.17) is 4.74 Å². The molecule has 1 amide bonds. The fraction of sp³-hybridized carbons (Fsp3) is 0.250. The van der Waals surface area contributed by atoms with Crippen LogP contribution in [-0.2, 0) is 0 Å². The number of hydrogen-bond acceptors (Lipinski definition) is 5. The van der Waals surface area contributed by atoms with Gasteiger partial charge < -0.3 is 9.64 Å². The quantitative estimate of drug-likeness (QED) is 0.736. The summed E-state index contributed by atoms with van der Waals surface area (Å²) < 4.78 is 6.80. The van der Waals surface area contributed by atoms with E-state index in [1.165, 1.54) is 4.52 Å². The molecule has 3 aromatic rings. The summed E-state index contributed by atoms with van der Waals surface area (Å²) in [6.45, 7) is 0.747. The van der Waals surface area contributed by atoms with Gasteiger partial charge in [0, 0.05) is 18.3 Å². The Kier molecular flexibility index (Phi) is 3.18. The highest BCUT2D eigenvalue weighted by atomic mass is 16.5. The lowest BCUT2D eigenvalue weighted by atomic mass is 9.93. The number of pyridine rings is 1. The van der Waals surface area contributed by atoms with E-state index in [2.05, 4.69) is 15.5 Å². The van der Waals surface area contributed by atoms with Gasteiger partial charge >= 0.3 is 0 Å². The molecule has 0 unspecified atom stereocenters. The van der Waals surface area contributed by atoms with Crippen LogP contribution in [0.2, 0.25) is 0 Å². The maximum absolute atomic E-state index is 12.7. The molecule has 1 fully saturated rings. The minimum Gasteiger partial charge on any atom is -0.497 e. The zero-order chi connectivity index (χ0) is 15.8. The van der Waals surface area contributed by atoms with Gasteiger partial charge in [0.25, 0.3) is 5.91 Å². The first-order valence-electron chi connectivity index (χ1n) is 7.39. The summed E-state index contributed by atoms with van der Waals surface area (Å²) in [5.41, 5.74) is 2.25. The van der Waals surface area contributed by atoms with Crippen molar-refractivity contribution in [1.82, 2.24) is 24.9 Å². The number of methoxy groups -OCH3 is 1. The van der Waals surface area contributed by atoms with Gasteiger partial charge in [-0.25, -0.2) is 4.52 Å². The maximum atomic E-state index is 12.7. The molecule has 0 radical (unpaired) electrons. The van der Waals surface area contributed by atoms with Crippen LogP contribution in [0.25, 0.3) is 5.65 Å². The third kappa shape index (κ3) is 2.30. The molecule has 0 bridgehead atoms. The minimum absolute atomic E-state index is 0.00503. The van der Waals surface area contributed by atoms with Crippen molar-refractivity contribution in [1.29, 1.82) is 0 Å². The van der Waals surface area contributed by atoms with E-state index in [0.717, 1.165) is 24.3 Å². The molecule has 1 aromatic carbocycles. The molecule has 23 heavy (non-hydrogen) atoms. The molecule has 7 nitrogen and oxygen atoms in total. The number of amides is 1. The van der Waals surface area contributed by atoms with Crippen LogP contribution in [0.4, 0.5) is 0 Å². The van der Waals surface area contributed by atoms with Crippen molar-refractivity contribution >= 4 is 11.6 Å². The molecule has 2 aromatic heterocycles. The van der Waals surface area contributed by atoms with Crippen LogP contribution in [0.5, 0.6) is 5.75 Å². The molecule has 1 aliphatic rings. The van der Waals surface area contributed by atoms with Crippen LogP contribution in [0.1, 0.15) is 28.4 Å². The fourth-order valence-corrected chi connectivity index (χ4v) is 2.86. The monoisotopic (exact) mass is 309 g/mol. The van der Waals surface area contributed by atoms with E-state index in [0.29, 0.717) is 11.2 Å². The molecule has 116 valence electrons. The number of benzene rings is 1. The van der Waals surface area contributed by atoms with Crippen molar-refractivity contribution in [3.63, 3.8) is 0 Å². The third-order valence-corrected chi connectivity index (χ3v) is 4.20. The Balaban J connectivity index is 1.60. The van der Waals surface area contributed by atoms with E-state index < -0.39 is 0 Å². The second-order valence-corrected chi connectivity index (χ2v) is 5.48. The first kappa shape index (κ1) is 13.7. The summed E-state index contributed by atoms with van der Waals surface area (Å²) in [5, 5.41) is 11.3. The normalized spacial score (nSPS) is 17.1. The lowest BCUT2D eigenvalue weighted by Gasteiger charge is -2.41. The van der Waals surface area contributed by atoms with Gasteiger partial charge in [0.2, 0.25) is 0 Å². The summed E-state index contributed by atoms with van der Waals surface area (Å²) >= 11 is 0. The smallest absolute Gasteiger partial charge is 0.254 e. The Labute approximate surface area is 132 Å². The summed E-state index contributed by atoms with van der Waals surface area (Å²) in [6.07, 6.45) is 2.65. The van der Waals surface area contributed by atoms with Gasteiger partial charge in [0.05, 0.1) is 13.2 Å². The number of nitrogens with zero attached hydrogens (tertiary/aromatic N) is 5. The molecule has 1 atom stereocenters. The minimum atomic E-state index is -0.00503. The Bertz CT molecular complexity index is 876. The predicted octanol–water partition coefficient (Wildman–Crippen LogP) is 1.72. The van der Waals surface area contributed by atoms with E-state index >= 15 is 0 Å². The van der Waals surface area contributed by atoms with E-state index in [9.17, 15) is 4.79 Å². The fourth-order valence-electron chi connectivity index (χ4n) is 2.86. The van der Waals surface area contributed by atoms with E-state index in [1.54, 1.807) is 25.4 Å². The van der Waals surface area contributed by atoms with Crippen LogP contribution >= 0.6 is 0 Å². The van der Waals surface area contributed by atoms with Crippen molar-refractivity contribution in [2.75, 3.05) is 13.7 Å². The second-order valence-electron chi connectivity index (χ2n) is 5.48. The largest absolute Gasteiger partial charge is 0.497 e. The number of hydrogen-bond donors (Lipinski definition) is 0. The number of likely N-dealkylation sites (tertiary alicyclic amines) is 1. The first-order chi connectivity index (χ1) is 11.3. The molecule has 1 saturated heterocycles. The van der Waals surface area contributed by atoms with Crippen LogP contribution in [-0.4, -0.2) is 44.5 Å². The van der Waals surface area contributed by atoms with Gasteiger partial charge in [-0.2, -0.15) is 0 Å². The molecule has 0 spiro atoms. The molecule has 1 aliphatic heterocycles. The summed E-state index contributed by atoms with van der Waals surface area (Å²) in [4.78, 5) is 14.6. The standard InChI is InChI=1S/C16H15N5O2/c1-23-13-4-2-3-11(9-13)14-6-7-20(14)16(22)12-5-8-21-15(10-12)17-18-19-21/h2-5,8-10,14H,6-7H2,1H3/t14-/m0/s1. The van der Waals surface area contributed by atoms with Crippen molar-refractivity contribution in [3.05, 3.63) is 53.7 Å². The van der Waals surface area contributed by atoms with Gasteiger partial charge in [-0.3, -0.25) is 4.79 Å².